The summed E-state index contributed by atoms with van der Waals surface area (Å²) in [6.07, 6.45) is 49.7. The van der Waals surface area contributed by atoms with Crippen LogP contribution in [0.3, 0.4) is 0 Å². The lowest BCUT2D eigenvalue weighted by Crippen LogP contribution is -2.32. The molecule has 65 heavy (non-hydrogen) atoms. The fourth-order valence-electron chi connectivity index (χ4n) is 9.66. The summed E-state index contributed by atoms with van der Waals surface area (Å²) in [6.45, 7) is 18.9. The summed E-state index contributed by atoms with van der Waals surface area (Å²) in [5, 5.41) is 7.17. The van der Waals surface area contributed by atoms with Crippen molar-refractivity contribution in [1.29, 1.82) is 0 Å². The first kappa shape index (κ1) is 59.1. The van der Waals surface area contributed by atoms with Crippen LogP contribution in [0.4, 0.5) is 0 Å². The van der Waals surface area contributed by atoms with Crippen LogP contribution in [0, 0.1) is 5.92 Å². The molecule has 1 aliphatic heterocycles. The number of allylic oxidation sites excluding steroid dienone is 3. The van der Waals surface area contributed by atoms with E-state index in [-0.39, 0.29) is 12.1 Å². The first-order valence-corrected chi connectivity index (χ1v) is 28.9. The smallest absolute Gasteiger partial charge is 0.306 e. The molecule has 1 heterocycles. The van der Waals surface area contributed by atoms with Gasteiger partial charge in [0.15, 0.2) is 0 Å². The highest BCUT2D eigenvalue weighted by Crippen LogP contribution is 2.33. The summed E-state index contributed by atoms with van der Waals surface area (Å²) in [5.74, 6) is 2.89. The van der Waals surface area contributed by atoms with E-state index in [1.54, 1.807) is 5.57 Å². The third-order valence-electron chi connectivity index (χ3n) is 14.2. The van der Waals surface area contributed by atoms with Crippen LogP contribution in [0.1, 0.15) is 286 Å². The third-order valence-corrected chi connectivity index (χ3v) is 14.2. The minimum atomic E-state index is 0.0471. The highest BCUT2D eigenvalue weighted by atomic mass is 16.5. The van der Waals surface area contributed by atoms with Crippen LogP contribution in [0.15, 0.2) is 27.8 Å². The summed E-state index contributed by atoms with van der Waals surface area (Å²) in [4.78, 5) is 20.4. The molecule has 1 unspecified atom stereocenters. The zero-order valence-electron chi connectivity index (χ0n) is 44.3. The molecule has 0 aromatic rings. The van der Waals surface area contributed by atoms with Gasteiger partial charge in [0.1, 0.15) is 11.9 Å². The predicted octanol–water partition coefficient (Wildman–Crippen LogP) is 16.8. The number of aliphatic imine (C=N–C) groups is 1. The Kier molecular flexibility index (Phi) is 38.3. The summed E-state index contributed by atoms with van der Waals surface area (Å²) in [5.41, 5.74) is 2.86. The average molecular weight is 912 g/mol. The van der Waals surface area contributed by atoms with Crippen LogP contribution in [0.25, 0.3) is 0 Å². The molecule has 1 aliphatic carbocycles. The van der Waals surface area contributed by atoms with Gasteiger partial charge in [-0.3, -0.25) is 4.79 Å². The monoisotopic (exact) mass is 911 g/mol. The van der Waals surface area contributed by atoms with Gasteiger partial charge in [0, 0.05) is 25.6 Å². The normalized spacial score (nSPS) is 14.4. The van der Waals surface area contributed by atoms with E-state index >= 15 is 0 Å². The summed E-state index contributed by atoms with van der Waals surface area (Å²) >= 11 is 0. The van der Waals surface area contributed by atoms with E-state index < -0.39 is 0 Å². The van der Waals surface area contributed by atoms with E-state index in [0.29, 0.717) is 18.4 Å². The molecule has 0 saturated heterocycles. The van der Waals surface area contributed by atoms with Crippen molar-refractivity contribution in [2.75, 3.05) is 32.7 Å². The number of nitrogens with zero attached hydrogens (tertiary/aromatic N) is 2. The number of carbonyl (C=O) groups is 1. The molecular weight excluding hydrogens is 801 g/mol. The lowest BCUT2D eigenvalue weighted by atomic mass is 9.89. The number of ether oxygens (including phenoxy) is 2. The van der Waals surface area contributed by atoms with Crippen molar-refractivity contribution >= 4 is 12.2 Å². The zero-order chi connectivity index (χ0) is 46.8. The second kappa shape index (κ2) is 42.1. The number of hydrogen-bond acceptors (Lipinski definition) is 7. The van der Waals surface area contributed by atoms with E-state index in [9.17, 15) is 4.79 Å². The highest BCUT2D eigenvalue weighted by Gasteiger charge is 2.19. The summed E-state index contributed by atoms with van der Waals surface area (Å²) in [6, 6.07) is 0. The van der Waals surface area contributed by atoms with Gasteiger partial charge in [-0.25, -0.2) is 4.99 Å². The molecule has 1 atom stereocenters. The van der Waals surface area contributed by atoms with Crippen molar-refractivity contribution in [2.45, 2.75) is 298 Å². The van der Waals surface area contributed by atoms with Crippen molar-refractivity contribution < 1.29 is 14.3 Å². The van der Waals surface area contributed by atoms with E-state index in [1.807, 2.05) is 6.21 Å². The van der Waals surface area contributed by atoms with Gasteiger partial charge in [-0.1, -0.05) is 176 Å². The summed E-state index contributed by atoms with van der Waals surface area (Å²) < 4.78 is 12.9. The molecule has 2 aliphatic rings. The molecule has 0 amide bonds. The lowest BCUT2D eigenvalue weighted by molar-refractivity contribution is -0.150. The Morgan fingerprint density at radius 2 is 1.08 bits per heavy atom. The molecule has 0 radical (unpaired) electrons. The molecule has 2 N–H and O–H groups in total. The molecule has 0 aromatic heterocycles. The van der Waals surface area contributed by atoms with Gasteiger partial charge >= 0.3 is 5.97 Å². The van der Waals surface area contributed by atoms with Crippen molar-refractivity contribution in [3.8, 4) is 0 Å². The van der Waals surface area contributed by atoms with E-state index in [1.165, 1.54) is 217 Å². The zero-order valence-corrected chi connectivity index (χ0v) is 44.3. The molecule has 1 fully saturated rings. The van der Waals surface area contributed by atoms with Gasteiger partial charge in [0.25, 0.3) is 0 Å². The maximum atomic E-state index is 13.0. The number of esters is 1. The lowest BCUT2D eigenvalue weighted by Gasteiger charge is -2.27. The van der Waals surface area contributed by atoms with Crippen molar-refractivity contribution in [1.82, 2.24) is 15.5 Å². The second-order valence-electron chi connectivity index (χ2n) is 20.6. The third kappa shape index (κ3) is 31.6. The molecule has 0 bridgehead atoms. The number of hydrogen-bond donors (Lipinski definition) is 2. The van der Waals surface area contributed by atoms with Gasteiger partial charge in [-0.2, -0.15) is 0 Å². The highest BCUT2D eigenvalue weighted by molar-refractivity contribution is 5.69. The van der Waals surface area contributed by atoms with Crippen LogP contribution in [0.2, 0.25) is 0 Å². The minimum absolute atomic E-state index is 0.0471. The standard InChI is InChI=1S/C58H110N4O3/c1-7-11-14-17-22-29-40-53(10-4)64-55(52-38-36-39-52)43-32-25-20-27-34-48-62(50-37-45-60-58-57(51(5)6)59-46-47-61-58)49-35-28-21-26-33-44-56(63)65-54(41-30-23-18-15-12-8-2)42-31-24-19-16-13-9-3/h47,51,53-54,59-60H,7-46,48-50H2,1-6H3. The Bertz CT molecular complexity index is 1190. The minimum Gasteiger partial charge on any atom is -0.495 e. The molecule has 2 rings (SSSR count). The van der Waals surface area contributed by atoms with Gasteiger partial charge < -0.3 is 25.0 Å². The van der Waals surface area contributed by atoms with Gasteiger partial charge in [0.05, 0.1) is 24.1 Å². The topological polar surface area (TPSA) is 75.2 Å². The molecular formula is C58H110N4O3. The molecule has 0 aromatic carbocycles. The quantitative estimate of drug-likeness (QED) is 0.0360. The van der Waals surface area contributed by atoms with E-state index in [0.717, 1.165) is 70.4 Å². The van der Waals surface area contributed by atoms with Gasteiger partial charge in [0.2, 0.25) is 0 Å². The SMILES string of the molecule is CCCCCCCCC(CCCCCCCC)OC(=O)CCCCCCCN(CCCCCCCC(OC(CC)CCCCCCCC)=C1CCC1)CCCNC1=C(C(C)C)NCC=N1. The van der Waals surface area contributed by atoms with Crippen molar-refractivity contribution in [3.63, 3.8) is 0 Å². The second-order valence-corrected chi connectivity index (χ2v) is 20.6. The van der Waals surface area contributed by atoms with Crippen LogP contribution < -0.4 is 10.6 Å². The Morgan fingerprint density at radius 1 is 0.600 bits per heavy atom. The fraction of sp³-hybridized carbons (Fsp3) is 0.897. The Labute approximate surface area is 404 Å². The first-order chi connectivity index (χ1) is 31.9. The van der Waals surface area contributed by atoms with Gasteiger partial charge in [-0.15, -0.1) is 0 Å². The van der Waals surface area contributed by atoms with E-state index in [2.05, 4.69) is 62.1 Å². The van der Waals surface area contributed by atoms with E-state index in [4.69, 9.17) is 9.47 Å². The fourth-order valence-corrected chi connectivity index (χ4v) is 9.66. The van der Waals surface area contributed by atoms with Crippen LogP contribution in [-0.4, -0.2) is 62.0 Å². The van der Waals surface area contributed by atoms with Crippen molar-refractivity contribution in [3.05, 3.63) is 22.9 Å². The molecule has 0 spiro atoms. The molecule has 380 valence electrons. The number of rotatable bonds is 47. The largest absolute Gasteiger partial charge is 0.495 e. The number of carbonyl (C=O) groups excluding carboxylic acids is 1. The average Bonchev–Trinajstić information content (AvgIpc) is 3.28. The van der Waals surface area contributed by atoms with Crippen LogP contribution in [-0.2, 0) is 14.3 Å². The predicted molar refractivity (Wildman–Crippen MR) is 283 cm³/mol. The van der Waals surface area contributed by atoms with Crippen LogP contribution >= 0.6 is 0 Å². The number of unbranched alkanes of at least 4 members (excludes halogenated alkanes) is 23. The Morgan fingerprint density at radius 3 is 1.58 bits per heavy atom. The number of nitrogens with one attached hydrogen (secondary N) is 2. The maximum absolute atomic E-state index is 13.0. The van der Waals surface area contributed by atoms with Crippen molar-refractivity contribution in [2.24, 2.45) is 10.9 Å². The van der Waals surface area contributed by atoms with Gasteiger partial charge in [-0.05, 0) is 127 Å². The first-order valence-electron chi connectivity index (χ1n) is 28.9. The molecule has 7 heteroatoms. The molecule has 7 nitrogen and oxygen atoms in total. The van der Waals surface area contributed by atoms with Crippen LogP contribution in [0.5, 0.6) is 0 Å². The Hall–Kier alpha value is -2.02. The Balaban J connectivity index is 1.74. The maximum Gasteiger partial charge on any atom is 0.306 e. The summed E-state index contributed by atoms with van der Waals surface area (Å²) in [7, 11) is 0. The molecule has 1 saturated carbocycles.